The van der Waals surface area contributed by atoms with Gasteiger partial charge in [-0.05, 0) is 24.3 Å². The normalized spacial score (nSPS) is 25.1. The van der Waals surface area contributed by atoms with Gasteiger partial charge >= 0.3 is 11.9 Å². The van der Waals surface area contributed by atoms with Crippen molar-refractivity contribution in [2.75, 3.05) is 27.9 Å². The molecule has 0 spiro atoms. The van der Waals surface area contributed by atoms with Gasteiger partial charge in [-0.2, -0.15) is 0 Å². The maximum atomic E-state index is 12.6. The first kappa shape index (κ1) is 24.4. The van der Waals surface area contributed by atoms with Crippen LogP contribution in [0.2, 0.25) is 0 Å². The average molecular weight is 492 g/mol. The van der Waals surface area contributed by atoms with Crippen LogP contribution in [0.5, 0.6) is 28.7 Å². The van der Waals surface area contributed by atoms with E-state index in [1.807, 2.05) is 0 Å². The number of carbonyl (C=O) groups is 2. The van der Waals surface area contributed by atoms with Gasteiger partial charge in [0.15, 0.2) is 29.1 Å². The van der Waals surface area contributed by atoms with E-state index in [0.717, 1.165) is 6.07 Å². The van der Waals surface area contributed by atoms with Crippen molar-refractivity contribution in [1.82, 2.24) is 0 Å². The van der Waals surface area contributed by atoms with Crippen LogP contribution in [0.3, 0.4) is 0 Å². The van der Waals surface area contributed by atoms with Gasteiger partial charge in [0.05, 0.1) is 32.5 Å². The molecule has 1 fully saturated rings. The molecule has 2 aromatic carbocycles. The van der Waals surface area contributed by atoms with E-state index in [-0.39, 0.29) is 22.4 Å². The van der Waals surface area contributed by atoms with Crippen LogP contribution >= 0.6 is 0 Å². The summed E-state index contributed by atoms with van der Waals surface area (Å²) in [4.78, 5) is 25.0. The van der Waals surface area contributed by atoms with Crippen LogP contribution in [0.25, 0.3) is 0 Å². The Morgan fingerprint density at radius 2 is 1.71 bits per heavy atom. The molecule has 0 radical (unpaired) electrons. The third kappa shape index (κ3) is 4.16. The number of benzene rings is 2. The van der Waals surface area contributed by atoms with E-state index in [2.05, 4.69) is 0 Å². The molecule has 12 heteroatoms. The number of carbonyl (C=O) groups excluding carboxylic acids is 2. The number of aromatic hydroxyl groups is 2. The van der Waals surface area contributed by atoms with Gasteiger partial charge in [-0.3, -0.25) is 0 Å². The van der Waals surface area contributed by atoms with Crippen LogP contribution in [0.4, 0.5) is 0 Å². The maximum absolute atomic E-state index is 12.6. The lowest BCUT2D eigenvalue weighted by Gasteiger charge is -2.44. The summed E-state index contributed by atoms with van der Waals surface area (Å²) >= 11 is 0. The summed E-state index contributed by atoms with van der Waals surface area (Å²) in [7, 11) is 4.07. The molecule has 5 atom stereocenters. The number of methoxy groups -OCH3 is 3. The quantitative estimate of drug-likeness (QED) is 0.417. The lowest BCUT2D eigenvalue weighted by atomic mass is 9.86. The SMILES string of the molecule is COc1ccc(C(=O)OCC2OC3c4c(cc(O)c(OC)c4O)C(=O)OC3C(O)C2O)cc1OC. The number of phenolic OH excluding ortho intramolecular Hbond substituents is 2. The zero-order valence-corrected chi connectivity index (χ0v) is 19.0. The molecular formula is C23H24O12. The number of aliphatic hydroxyl groups is 2. The monoisotopic (exact) mass is 492 g/mol. The Bertz CT molecular complexity index is 1150. The van der Waals surface area contributed by atoms with Crippen LogP contribution in [0, 0.1) is 0 Å². The first-order valence-electron chi connectivity index (χ1n) is 10.5. The molecule has 2 aliphatic rings. The minimum absolute atomic E-state index is 0.0944. The van der Waals surface area contributed by atoms with Crippen molar-refractivity contribution in [1.29, 1.82) is 0 Å². The topological polar surface area (TPSA) is 170 Å². The molecule has 4 N–H and O–H groups in total. The Balaban J connectivity index is 1.58. The Kier molecular flexibility index (Phi) is 6.61. The second kappa shape index (κ2) is 9.49. The fraction of sp³-hybridized carbons (Fsp3) is 0.391. The van der Waals surface area contributed by atoms with Gasteiger partial charge in [-0.1, -0.05) is 0 Å². The van der Waals surface area contributed by atoms with Crippen molar-refractivity contribution in [3.05, 3.63) is 41.0 Å². The summed E-state index contributed by atoms with van der Waals surface area (Å²) in [5, 5.41) is 41.8. The van der Waals surface area contributed by atoms with Gasteiger partial charge < -0.3 is 48.8 Å². The van der Waals surface area contributed by atoms with E-state index in [4.69, 9.17) is 28.4 Å². The summed E-state index contributed by atoms with van der Waals surface area (Å²) in [6.07, 6.45) is -7.10. The molecule has 0 saturated carbocycles. The van der Waals surface area contributed by atoms with E-state index < -0.39 is 60.6 Å². The molecule has 188 valence electrons. The standard InChI is InChI=1S/C23H24O12/c1-30-12-5-4-9(6-13(12)31-2)22(28)33-8-14-16(25)18(27)21-20(34-14)15-10(23(29)35-21)7-11(24)19(32-3)17(15)26/h4-7,14,16,18,20-21,24-27H,8H2,1-3H3. The van der Waals surface area contributed by atoms with Crippen molar-refractivity contribution < 1.29 is 58.4 Å². The number of hydrogen-bond donors (Lipinski definition) is 4. The summed E-state index contributed by atoms with van der Waals surface area (Å²) in [6.45, 7) is -0.478. The predicted octanol–water partition coefficient (Wildman–Crippen LogP) is 0.681. The van der Waals surface area contributed by atoms with Crippen LogP contribution in [-0.4, -0.2) is 84.7 Å². The van der Waals surface area contributed by atoms with Crippen LogP contribution < -0.4 is 14.2 Å². The zero-order valence-electron chi connectivity index (χ0n) is 19.0. The maximum Gasteiger partial charge on any atom is 0.339 e. The van der Waals surface area contributed by atoms with Gasteiger partial charge in [-0.15, -0.1) is 0 Å². The number of esters is 2. The van der Waals surface area contributed by atoms with Crippen molar-refractivity contribution in [2.24, 2.45) is 0 Å². The lowest BCUT2D eigenvalue weighted by Crippen LogP contribution is -2.58. The fourth-order valence-corrected chi connectivity index (χ4v) is 4.14. The highest BCUT2D eigenvalue weighted by atomic mass is 16.6. The average Bonchev–Trinajstić information content (AvgIpc) is 2.85. The van der Waals surface area contributed by atoms with E-state index >= 15 is 0 Å². The second-order valence-electron chi connectivity index (χ2n) is 7.85. The van der Waals surface area contributed by atoms with Crippen molar-refractivity contribution >= 4 is 11.9 Å². The third-order valence-electron chi connectivity index (χ3n) is 5.91. The van der Waals surface area contributed by atoms with Gasteiger partial charge in [0, 0.05) is 5.56 Å². The summed E-state index contributed by atoms with van der Waals surface area (Å²) < 4.78 is 31.6. The minimum atomic E-state index is -1.63. The summed E-state index contributed by atoms with van der Waals surface area (Å²) in [5.74, 6) is -2.38. The molecular weight excluding hydrogens is 468 g/mol. The Hall–Kier alpha value is -3.74. The third-order valence-corrected chi connectivity index (χ3v) is 5.91. The zero-order chi connectivity index (χ0) is 25.4. The number of phenols is 2. The van der Waals surface area contributed by atoms with Crippen LogP contribution in [-0.2, 0) is 14.2 Å². The predicted molar refractivity (Wildman–Crippen MR) is 115 cm³/mol. The molecule has 2 aromatic rings. The van der Waals surface area contributed by atoms with Crippen molar-refractivity contribution in [3.63, 3.8) is 0 Å². The molecule has 12 nitrogen and oxygen atoms in total. The highest BCUT2D eigenvalue weighted by molar-refractivity contribution is 5.95. The van der Waals surface area contributed by atoms with E-state index in [9.17, 15) is 30.0 Å². The van der Waals surface area contributed by atoms with E-state index in [1.54, 1.807) is 0 Å². The molecule has 4 rings (SSSR count). The van der Waals surface area contributed by atoms with E-state index in [0.29, 0.717) is 11.5 Å². The van der Waals surface area contributed by atoms with Gasteiger partial charge in [0.25, 0.3) is 0 Å². The Morgan fingerprint density at radius 1 is 1.00 bits per heavy atom. The second-order valence-corrected chi connectivity index (χ2v) is 7.85. The summed E-state index contributed by atoms with van der Waals surface area (Å²) in [5.41, 5.74) is -0.157. The summed E-state index contributed by atoms with van der Waals surface area (Å²) in [6, 6.07) is 5.44. The number of fused-ring (bicyclic) bond motifs is 3. The molecule has 0 aromatic heterocycles. The molecule has 0 amide bonds. The first-order valence-corrected chi connectivity index (χ1v) is 10.5. The van der Waals surface area contributed by atoms with Crippen molar-refractivity contribution in [2.45, 2.75) is 30.5 Å². The Morgan fingerprint density at radius 3 is 2.37 bits per heavy atom. The fourth-order valence-electron chi connectivity index (χ4n) is 4.14. The highest BCUT2D eigenvalue weighted by Gasteiger charge is 2.52. The molecule has 35 heavy (non-hydrogen) atoms. The Labute approximate surface area is 199 Å². The molecule has 0 bridgehead atoms. The number of ether oxygens (including phenoxy) is 6. The largest absolute Gasteiger partial charge is 0.504 e. The van der Waals surface area contributed by atoms with Crippen LogP contribution in [0.1, 0.15) is 32.4 Å². The molecule has 2 heterocycles. The lowest BCUT2D eigenvalue weighted by molar-refractivity contribution is -0.235. The smallest absolute Gasteiger partial charge is 0.339 e. The van der Waals surface area contributed by atoms with Gasteiger partial charge in [-0.25, -0.2) is 9.59 Å². The number of hydrogen-bond acceptors (Lipinski definition) is 12. The first-order chi connectivity index (χ1) is 16.7. The highest BCUT2D eigenvalue weighted by Crippen LogP contribution is 2.49. The molecule has 0 aliphatic carbocycles. The number of rotatable bonds is 6. The molecule has 5 unspecified atom stereocenters. The van der Waals surface area contributed by atoms with Crippen molar-refractivity contribution in [3.8, 4) is 28.7 Å². The number of aliphatic hydroxyl groups excluding tert-OH is 2. The van der Waals surface area contributed by atoms with Gasteiger partial charge in [0.1, 0.15) is 31.0 Å². The van der Waals surface area contributed by atoms with E-state index in [1.165, 1.54) is 39.5 Å². The molecule has 2 aliphatic heterocycles. The van der Waals surface area contributed by atoms with Gasteiger partial charge in [0.2, 0.25) is 5.75 Å². The van der Waals surface area contributed by atoms with Crippen LogP contribution in [0.15, 0.2) is 24.3 Å². The minimum Gasteiger partial charge on any atom is -0.504 e. The molecule has 1 saturated heterocycles.